The number of carboxylic acid groups (broad SMARTS) is 1. The van der Waals surface area contributed by atoms with Crippen LogP contribution in [0.2, 0.25) is 0 Å². The van der Waals surface area contributed by atoms with E-state index in [1.54, 1.807) is 34.4 Å². The zero-order valence-corrected chi connectivity index (χ0v) is 15.0. The lowest BCUT2D eigenvalue weighted by atomic mass is 10.1. The van der Waals surface area contributed by atoms with Gasteiger partial charge in [0.15, 0.2) is 18.1 Å². The summed E-state index contributed by atoms with van der Waals surface area (Å²) in [5.41, 5.74) is 0.476. The number of ether oxygens (including phenoxy) is 2. The molecule has 6 nitrogen and oxygen atoms in total. The summed E-state index contributed by atoms with van der Waals surface area (Å²) in [6.07, 6.45) is 0. The SMILES string of the molecule is CCOc1cc(C(=O)N(CC)Cc2cccs2)ccc1OCC(=O)O. The largest absolute Gasteiger partial charge is 0.490 e. The van der Waals surface area contributed by atoms with Crippen molar-refractivity contribution in [3.05, 3.63) is 46.2 Å². The van der Waals surface area contributed by atoms with Crippen molar-refractivity contribution in [3.8, 4) is 11.5 Å². The van der Waals surface area contributed by atoms with Crippen LogP contribution in [0.1, 0.15) is 29.1 Å². The summed E-state index contributed by atoms with van der Waals surface area (Å²) in [5, 5.41) is 10.7. The van der Waals surface area contributed by atoms with Crippen LogP contribution in [0.25, 0.3) is 0 Å². The molecule has 0 aliphatic heterocycles. The summed E-state index contributed by atoms with van der Waals surface area (Å²) in [4.78, 5) is 26.3. The van der Waals surface area contributed by atoms with Crippen LogP contribution in [0.5, 0.6) is 11.5 Å². The van der Waals surface area contributed by atoms with Crippen LogP contribution in [0.3, 0.4) is 0 Å². The number of nitrogens with zero attached hydrogens (tertiary/aromatic N) is 1. The van der Waals surface area contributed by atoms with E-state index in [0.717, 1.165) is 4.88 Å². The number of carboxylic acids is 1. The first kappa shape index (κ1) is 18.8. The molecule has 1 aromatic heterocycles. The second-order valence-electron chi connectivity index (χ2n) is 5.18. The molecule has 134 valence electrons. The average molecular weight is 363 g/mol. The van der Waals surface area contributed by atoms with Gasteiger partial charge in [-0.05, 0) is 43.5 Å². The van der Waals surface area contributed by atoms with E-state index in [1.807, 2.05) is 31.4 Å². The maximum absolute atomic E-state index is 12.8. The Balaban J connectivity index is 2.19. The lowest BCUT2D eigenvalue weighted by Gasteiger charge is -2.21. The van der Waals surface area contributed by atoms with Crippen molar-refractivity contribution in [2.24, 2.45) is 0 Å². The molecule has 0 spiro atoms. The number of carbonyl (C=O) groups excluding carboxylic acids is 1. The standard InChI is InChI=1S/C18H21NO5S/c1-3-19(11-14-6-5-9-25-14)18(22)13-7-8-15(24-12-17(20)21)16(10-13)23-4-2/h5-10H,3-4,11-12H2,1-2H3,(H,20,21). The number of aliphatic carboxylic acids is 1. The number of benzene rings is 1. The molecular formula is C18H21NO5S. The normalized spacial score (nSPS) is 10.3. The van der Waals surface area contributed by atoms with E-state index in [1.165, 1.54) is 0 Å². The first-order valence-corrected chi connectivity index (χ1v) is 8.86. The number of hydrogen-bond donors (Lipinski definition) is 1. The van der Waals surface area contributed by atoms with Gasteiger partial charge in [-0.3, -0.25) is 4.79 Å². The first-order valence-electron chi connectivity index (χ1n) is 7.98. The molecule has 1 amide bonds. The van der Waals surface area contributed by atoms with Crippen molar-refractivity contribution in [1.82, 2.24) is 4.90 Å². The van der Waals surface area contributed by atoms with E-state index >= 15 is 0 Å². The summed E-state index contributed by atoms with van der Waals surface area (Å²) >= 11 is 1.61. The van der Waals surface area contributed by atoms with Crippen molar-refractivity contribution in [3.63, 3.8) is 0 Å². The monoisotopic (exact) mass is 363 g/mol. The van der Waals surface area contributed by atoms with Crippen LogP contribution in [-0.4, -0.2) is 41.6 Å². The van der Waals surface area contributed by atoms with Crippen LogP contribution >= 0.6 is 11.3 Å². The van der Waals surface area contributed by atoms with Crippen LogP contribution in [0, 0.1) is 0 Å². The Kier molecular flexibility index (Phi) is 6.82. The maximum Gasteiger partial charge on any atom is 0.341 e. The van der Waals surface area contributed by atoms with E-state index in [0.29, 0.717) is 36.8 Å². The Morgan fingerprint density at radius 1 is 1.16 bits per heavy atom. The van der Waals surface area contributed by atoms with E-state index in [9.17, 15) is 9.59 Å². The third-order valence-electron chi connectivity index (χ3n) is 3.44. The predicted molar refractivity (Wildman–Crippen MR) is 95.5 cm³/mol. The van der Waals surface area contributed by atoms with Crippen LogP contribution in [-0.2, 0) is 11.3 Å². The van der Waals surface area contributed by atoms with Crippen molar-refractivity contribution in [2.75, 3.05) is 19.8 Å². The summed E-state index contributed by atoms with van der Waals surface area (Å²) in [6.45, 7) is 4.79. The molecule has 2 aromatic rings. The molecule has 1 heterocycles. The molecule has 25 heavy (non-hydrogen) atoms. The number of carbonyl (C=O) groups is 2. The third kappa shape index (κ3) is 5.22. The second-order valence-corrected chi connectivity index (χ2v) is 6.21. The van der Waals surface area contributed by atoms with Gasteiger partial charge < -0.3 is 19.5 Å². The van der Waals surface area contributed by atoms with Gasteiger partial charge in [0.25, 0.3) is 5.91 Å². The minimum Gasteiger partial charge on any atom is -0.490 e. The summed E-state index contributed by atoms with van der Waals surface area (Å²) < 4.78 is 10.7. The van der Waals surface area contributed by atoms with E-state index in [2.05, 4.69) is 0 Å². The average Bonchev–Trinajstić information content (AvgIpc) is 3.11. The zero-order valence-electron chi connectivity index (χ0n) is 14.2. The van der Waals surface area contributed by atoms with Gasteiger partial charge in [0, 0.05) is 17.0 Å². The quantitative estimate of drug-likeness (QED) is 0.740. The van der Waals surface area contributed by atoms with Crippen LogP contribution in [0.4, 0.5) is 0 Å². The van der Waals surface area contributed by atoms with Crippen LogP contribution in [0.15, 0.2) is 35.7 Å². The summed E-state index contributed by atoms with van der Waals surface area (Å²) in [5.74, 6) is -0.513. The lowest BCUT2D eigenvalue weighted by Crippen LogP contribution is -2.30. The highest BCUT2D eigenvalue weighted by molar-refractivity contribution is 7.09. The molecular weight excluding hydrogens is 342 g/mol. The van der Waals surface area contributed by atoms with Gasteiger partial charge in [-0.15, -0.1) is 11.3 Å². The first-order chi connectivity index (χ1) is 12.0. The van der Waals surface area contributed by atoms with Crippen LogP contribution < -0.4 is 9.47 Å². The van der Waals surface area contributed by atoms with Gasteiger partial charge >= 0.3 is 5.97 Å². The molecule has 0 unspecified atom stereocenters. The fourth-order valence-electron chi connectivity index (χ4n) is 2.27. The summed E-state index contributed by atoms with van der Waals surface area (Å²) in [7, 11) is 0. The molecule has 0 aliphatic rings. The van der Waals surface area contributed by atoms with Gasteiger partial charge in [0.2, 0.25) is 0 Å². The fraction of sp³-hybridized carbons (Fsp3) is 0.333. The van der Waals surface area contributed by atoms with Crippen molar-refractivity contribution in [1.29, 1.82) is 0 Å². The molecule has 0 fully saturated rings. The molecule has 1 aromatic carbocycles. The third-order valence-corrected chi connectivity index (χ3v) is 4.30. The highest BCUT2D eigenvalue weighted by Crippen LogP contribution is 2.29. The Labute approximate surface area is 150 Å². The Morgan fingerprint density at radius 3 is 2.56 bits per heavy atom. The minimum absolute atomic E-state index is 0.110. The smallest absolute Gasteiger partial charge is 0.341 e. The molecule has 1 N–H and O–H groups in total. The molecule has 0 saturated carbocycles. The lowest BCUT2D eigenvalue weighted by molar-refractivity contribution is -0.139. The van der Waals surface area contributed by atoms with E-state index < -0.39 is 12.6 Å². The Bertz CT molecular complexity index is 714. The highest BCUT2D eigenvalue weighted by atomic mass is 32.1. The van der Waals surface area contributed by atoms with Crippen molar-refractivity contribution in [2.45, 2.75) is 20.4 Å². The van der Waals surface area contributed by atoms with Gasteiger partial charge in [-0.2, -0.15) is 0 Å². The topological polar surface area (TPSA) is 76.1 Å². The number of thiophene rings is 1. The van der Waals surface area contributed by atoms with Gasteiger partial charge in [0.1, 0.15) is 0 Å². The summed E-state index contributed by atoms with van der Waals surface area (Å²) in [6, 6.07) is 8.74. The molecule has 0 radical (unpaired) electrons. The van der Waals surface area contributed by atoms with Gasteiger partial charge in [-0.1, -0.05) is 6.07 Å². The van der Waals surface area contributed by atoms with Crippen molar-refractivity contribution >= 4 is 23.2 Å². The van der Waals surface area contributed by atoms with Gasteiger partial charge in [-0.25, -0.2) is 4.79 Å². The molecule has 0 saturated heterocycles. The highest BCUT2D eigenvalue weighted by Gasteiger charge is 2.18. The molecule has 0 aliphatic carbocycles. The van der Waals surface area contributed by atoms with Gasteiger partial charge in [0.05, 0.1) is 13.2 Å². The van der Waals surface area contributed by atoms with Crippen molar-refractivity contribution < 1.29 is 24.2 Å². The molecule has 7 heteroatoms. The minimum atomic E-state index is -1.07. The Hall–Kier alpha value is -2.54. The Morgan fingerprint density at radius 2 is 1.96 bits per heavy atom. The maximum atomic E-state index is 12.8. The van der Waals surface area contributed by atoms with E-state index in [4.69, 9.17) is 14.6 Å². The molecule has 0 atom stereocenters. The predicted octanol–water partition coefficient (Wildman–Crippen LogP) is 3.27. The number of hydrogen-bond acceptors (Lipinski definition) is 5. The fourth-order valence-corrected chi connectivity index (χ4v) is 2.99. The zero-order chi connectivity index (χ0) is 18.2. The molecule has 0 bridgehead atoms. The second kappa shape index (κ2) is 9.08. The number of amides is 1. The number of rotatable bonds is 9. The molecule has 2 rings (SSSR count). The van der Waals surface area contributed by atoms with E-state index in [-0.39, 0.29) is 5.91 Å².